The van der Waals surface area contributed by atoms with Gasteiger partial charge in [0.1, 0.15) is 11.8 Å². The van der Waals surface area contributed by atoms with Gasteiger partial charge in [-0.1, -0.05) is 12.1 Å². The minimum Gasteiger partial charge on any atom is -0.497 e. The number of methoxy groups -OCH3 is 1. The van der Waals surface area contributed by atoms with Crippen LogP contribution in [0.1, 0.15) is 17.5 Å². The van der Waals surface area contributed by atoms with Crippen molar-refractivity contribution >= 4 is 32.4 Å². The van der Waals surface area contributed by atoms with Crippen LogP contribution in [0.5, 0.6) is 5.75 Å². The summed E-state index contributed by atoms with van der Waals surface area (Å²) in [5, 5.41) is 10.7. The Hall–Kier alpha value is -3.61. The SMILES string of the molecule is COc1ccc2ccc(S(=O)(=O)N(C)[C@H]3CCN(Cc4cc(C#N)ccc4N)C3=O)cc2c1. The highest BCUT2D eigenvalue weighted by Crippen LogP contribution is 2.28. The van der Waals surface area contributed by atoms with Crippen molar-refractivity contribution in [2.75, 3.05) is 26.4 Å². The van der Waals surface area contributed by atoms with Gasteiger partial charge >= 0.3 is 0 Å². The van der Waals surface area contributed by atoms with Crippen molar-refractivity contribution in [2.45, 2.75) is 23.9 Å². The molecule has 3 aromatic rings. The highest BCUT2D eigenvalue weighted by Gasteiger charge is 2.40. The fraction of sp³-hybridized carbons (Fsp3) is 0.250. The third kappa shape index (κ3) is 4.23. The molecule has 170 valence electrons. The summed E-state index contributed by atoms with van der Waals surface area (Å²) in [6, 6.07) is 16.5. The number of nitrogens with zero attached hydrogens (tertiary/aromatic N) is 3. The van der Waals surface area contributed by atoms with Crippen LogP contribution in [0, 0.1) is 11.3 Å². The van der Waals surface area contributed by atoms with Crippen molar-refractivity contribution in [3.05, 3.63) is 65.7 Å². The molecule has 0 bridgehead atoms. The van der Waals surface area contributed by atoms with Gasteiger partial charge in [0.2, 0.25) is 15.9 Å². The second-order valence-electron chi connectivity index (χ2n) is 7.99. The van der Waals surface area contributed by atoms with Crippen LogP contribution in [0.3, 0.4) is 0 Å². The van der Waals surface area contributed by atoms with Gasteiger partial charge in [-0.3, -0.25) is 4.79 Å². The first-order chi connectivity index (χ1) is 15.7. The van der Waals surface area contributed by atoms with E-state index in [2.05, 4.69) is 6.07 Å². The molecule has 0 aliphatic carbocycles. The van der Waals surface area contributed by atoms with E-state index in [-0.39, 0.29) is 17.3 Å². The lowest BCUT2D eigenvalue weighted by atomic mass is 10.1. The van der Waals surface area contributed by atoms with Crippen molar-refractivity contribution in [3.63, 3.8) is 0 Å². The Balaban J connectivity index is 1.56. The number of amides is 1. The van der Waals surface area contributed by atoms with Gasteiger partial charge in [0.05, 0.1) is 23.6 Å². The third-order valence-electron chi connectivity index (χ3n) is 6.04. The Morgan fingerprint density at radius 2 is 1.91 bits per heavy atom. The zero-order valence-electron chi connectivity index (χ0n) is 18.4. The number of carbonyl (C=O) groups excluding carboxylic acids is 1. The molecule has 0 saturated carbocycles. The number of carbonyl (C=O) groups is 1. The van der Waals surface area contributed by atoms with Crippen LogP contribution in [0.4, 0.5) is 5.69 Å². The van der Waals surface area contributed by atoms with Gasteiger partial charge in [-0.25, -0.2) is 8.42 Å². The molecule has 8 nitrogen and oxygen atoms in total. The Morgan fingerprint density at radius 3 is 2.64 bits per heavy atom. The van der Waals surface area contributed by atoms with E-state index in [4.69, 9.17) is 15.7 Å². The molecule has 1 heterocycles. The molecule has 4 rings (SSSR count). The molecule has 33 heavy (non-hydrogen) atoms. The van der Waals surface area contributed by atoms with E-state index in [0.717, 1.165) is 15.1 Å². The number of ether oxygens (including phenoxy) is 1. The molecule has 1 amide bonds. The lowest BCUT2D eigenvalue weighted by Crippen LogP contribution is -2.42. The average Bonchev–Trinajstić information content (AvgIpc) is 3.18. The van der Waals surface area contributed by atoms with Gasteiger partial charge < -0.3 is 15.4 Å². The lowest BCUT2D eigenvalue weighted by Gasteiger charge is -2.24. The monoisotopic (exact) mass is 464 g/mol. The summed E-state index contributed by atoms with van der Waals surface area (Å²) in [6.45, 7) is 0.620. The molecule has 3 aromatic carbocycles. The van der Waals surface area contributed by atoms with E-state index in [9.17, 15) is 13.2 Å². The number of rotatable bonds is 6. The highest BCUT2D eigenvalue weighted by atomic mass is 32.2. The molecular formula is C24H24N4O4S. The second-order valence-corrected chi connectivity index (χ2v) is 9.98. The van der Waals surface area contributed by atoms with Crippen LogP contribution in [0.15, 0.2) is 59.5 Å². The maximum Gasteiger partial charge on any atom is 0.243 e. The smallest absolute Gasteiger partial charge is 0.243 e. The molecule has 0 radical (unpaired) electrons. The number of sulfonamides is 1. The van der Waals surface area contributed by atoms with Crippen molar-refractivity contribution in [2.24, 2.45) is 0 Å². The van der Waals surface area contributed by atoms with Crippen LogP contribution < -0.4 is 10.5 Å². The summed E-state index contributed by atoms with van der Waals surface area (Å²) in [4.78, 5) is 14.8. The maximum atomic E-state index is 13.3. The number of hydrogen-bond donors (Lipinski definition) is 1. The number of benzene rings is 3. The summed E-state index contributed by atoms with van der Waals surface area (Å²) < 4.78 is 33.0. The van der Waals surface area contributed by atoms with E-state index < -0.39 is 16.1 Å². The minimum absolute atomic E-state index is 0.114. The molecule has 1 fully saturated rings. The van der Waals surface area contributed by atoms with E-state index in [1.807, 2.05) is 12.1 Å². The number of anilines is 1. The molecule has 0 aromatic heterocycles. The maximum absolute atomic E-state index is 13.3. The van der Waals surface area contributed by atoms with Crippen LogP contribution in [-0.2, 0) is 21.4 Å². The van der Waals surface area contributed by atoms with E-state index in [1.54, 1.807) is 54.5 Å². The van der Waals surface area contributed by atoms with Crippen LogP contribution in [-0.4, -0.2) is 50.3 Å². The fourth-order valence-electron chi connectivity index (χ4n) is 4.06. The molecule has 9 heteroatoms. The first kappa shape index (κ1) is 22.6. The van der Waals surface area contributed by atoms with Gasteiger partial charge in [0, 0.05) is 25.8 Å². The molecule has 0 unspecified atom stereocenters. The minimum atomic E-state index is -3.90. The van der Waals surface area contributed by atoms with Crippen molar-refractivity contribution < 1.29 is 17.9 Å². The molecule has 0 spiro atoms. The molecule has 2 N–H and O–H groups in total. The number of likely N-dealkylation sites (N-methyl/N-ethyl adjacent to an activating group) is 1. The normalized spacial score (nSPS) is 16.4. The third-order valence-corrected chi connectivity index (χ3v) is 7.90. The van der Waals surface area contributed by atoms with Crippen LogP contribution in [0.25, 0.3) is 10.8 Å². The zero-order chi connectivity index (χ0) is 23.8. The topological polar surface area (TPSA) is 117 Å². The molecule has 1 aliphatic heterocycles. The van der Waals surface area contributed by atoms with E-state index in [1.165, 1.54) is 7.05 Å². The first-order valence-electron chi connectivity index (χ1n) is 10.4. The Bertz CT molecular complexity index is 1380. The van der Waals surface area contributed by atoms with Crippen molar-refractivity contribution in [3.8, 4) is 11.8 Å². The lowest BCUT2D eigenvalue weighted by molar-refractivity contribution is -0.131. The fourth-order valence-corrected chi connectivity index (χ4v) is 5.44. The quantitative estimate of drug-likeness (QED) is 0.561. The number of fused-ring (bicyclic) bond motifs is 1. The van der Waals surface area contributed by atoms with Gasteiger partial charge in [-0.05, 0) is 65.2 Å². The van der Waals surface area contributed by atoms with Crippen molar-refractivity contribution in [1.29, 1.82) is 5.26 Å². The van der Waals surface area contributed by atoms with Gasteiger partial charge in [0.15, 0.2) is 0 Å². The number of nitrogen functional groups attached to an aromatic ring is 1. The van der Waals surface area contributed by atoms with E-state index in [0.29, 0.717) is 35.5 Å². The Labute approximate surface area is 192 Å². The number of nitrogens with two attached hydrogens (primary N) is 1. The zero-order valence-corrected chi connectivity index (χ0v) is 19.2. The van der Waals surface area contributed by atoms with Crippen LogP contribution >= 0.6 is 0 Å². The van der Waals surface area contributed by atoms with Gasteiger partial charge in [0.25, 0.3) is 0 Å². The van der Waals surface area contributed by atoms with E-state index >= 15 is 0 Å². The summed E-state index contributed by atoms with van der Waals surface area (Å²) in [5.41, 5.74) is 7.61. The molecule has 1 aliphatic rings. The summed E-state index contributed by atoms with van der Waals surface area (Å²) in [5.74, 6) is 0.344. The van der Waals surface area contributed by atoms with Crippen LogP contribution in [0.2, 0.25) is 0 Å². The standard InChI is InChI=1S/C24H24N4O4S/c1-27(33(30,31)21-7-5-17-4-6-20(32-2)12-18(17)13-21)23-9-10-28(24(23)29)15-19-11-16(14-25)3-8-22(19)26/h3-8,11-13,23H,9-10,15,26H2,1-2H3/t23-/m0/s1. The summed E-state index contributed by atoms with van der Waals surface area (Å²) in [6.07, 6.45) is 0.369. The predicted octanol–water partition coefficient (Wildman–Crippen LogP) is 2.72. The molecular weight excluding hydrogens is 440 g/mol. The first-order valence-corrected chi connectivity index (χ1v) is 11.8. The molecule has 1 atom stereocenters. The number of nitriles is 1. The Morgan fingerprint density at radius 1 is 1.15 bits per heavy atom. The van der Waals surface area contributed by atoms with Crippen molar-refractivity contribution in [1.82, 2.24) is 9.21 Å². The Kier molecular flexibility index (Phi) is 5.97. The summed E-state index contributed by atoms with van der Waals surface area (Å²) >= 11 is 0. The van der Waals surface area contributed by atoms with Gasteiger partial charge in [-0.15, -0.1) is 0 Å². The van der Waals surface area contributed by atoms with Gasteiger partial charge in [-0.2, -0.15) is 9.57 Å². The molecule has 1 saturated heterocycles. The largest absolute Gasteiger partial charge is 0.497 e. The second kappa shape index (κ2) is 8.73. The average molecular weight is 465 g/mol. The number of hydrogen-bond acceptors (Lipinski definition) is 6. The highest BCUT2D eigenvalue weighted by molar-refractivity contribution is 7.89. The number of likely N-dealkylation sites (tertiary alicyclic amines) is 1. The predicted molar refractivity (Wildman–Crippen MR) is 125 cm³/mol. The summed E-state index contributed by atoms with van der Waals surface area (Å²) in [7, 11) is -0.919.